The second-order valence-corrected chi connectivity index (χ2v) is 21.3. The maximum absolute atomic E-state index is 15.9. The number of methoxy groups -OCH3 is 1. The van der Waals surface area contributed by atoms with Crippen LogP contribution in [0.3, 0.4) is 0 Å². The van der Waals surface area contributed by atoms with Gasteiger partial charge < -0.3 is 39.0 Å². The van der Waals surface area contributed by atoms with Gasteiger partial charge in [0.1, 0.15) is 17.8 Å². The van der Waals surface area contributed by atoms with Crippen molar-refractivity contribution in [2.24, 2.45) is 17.3 Å². The number of nitrogens with zero attached hydrogens (tertiary/aromatic N) is 6. The van der Waals surface area contributed by atoms with Gasteiger partial charge in [-0.25, -0.2) is 14.2 Å². The van der Waals surface area contributed by atoms with Gasteiger partial charge in [-0.1, -0.05) is 45.7 Å². The van der Waals surface area contributed by atoms with E-state index in [1.807, 2.05) is 64.1 Å². The Morgan fingerprint density at radius 3 is 2.52 bits per heavy atom. The number of amides is 4. The van der Waals surface area contributed by atoms with E-state index in [0.29, 0.717) is 56.8 Å². The molecule has 6 bridgehead atoms. The number of benzene rings is 2. The number of hydrogen-bond acceptors (Lipinski definition) is 12. The molecule has 75 heavy (non-hydrogen) atoms. The number of phenolic OH excluding ortho intramolecular Hbond substituents is 1. The zero-order valence-electron chi connectivity index (χ0n) is 44.2. The third-order valence-corrected chi connectivity index (χ3v) is 14.9. The third-order valence-electron chi connectivity index (χ3n) is 14.9. The first-order valence-electron chi connectivity index (χ1n) is 25.9. The van der Waals surface area contributed by atoms with Gasteiger partial charge in [0.15, 0.2) is 6.04 Å². The van der Waals surface area contributed by atoms with Crippen molar-refractivity contribution >= 4 is 40.5 Å². The van der Waals surface area contributed by atoms with Crippen LogP contribution in [0.25, 0.3) is 33.3 Å². The molecule has 0 radical (unpaired) electrons. The highest BCUT2D eigenvalue weighted by molar-refractivity contribution is 5.97. The predicted octanol–water partition coefficient (Wildman–Crippen LogP) is 5.36. The summed E-state index contributed by atoms with van der Waals surface area (Å²) in [5.74, 6) is -2.70. The van der Waals surface area contributed by atoms with Crippen LogP contribution in [0.5, 0.6) is 5.75 Å². The Hall–Kier alpha value is -6.46. The van der Waals surface area contributed by atoms with Crippen LogP contribution in [0.15, 0.2) is 54.7 Å². The van der Waals surface area contributed by atoms with Crippen molar-refractivity contribution in [3.63, 3.8) is 0 Å². The molecule has 4 aliphatic heterocycles. The second-order valence-electron chi connectivity index (χ2n) is 21.3. The molecule has 2 aromatic heterocycles. The van der Waals surface area contributed by atoms with Gasteiger partial charge in [-0.3, -0.25) is 38.9 Å². The van der Waals surface area contributed by atoms with Crippen molar-refractivity contribution in [1.82, 2.24) is 40.0 Å². The number of ether oxygens (including phenoxy) is 3. The number of hydrazine groups is 1. The number of halogens is 2. The van der Waals surface area contributed by atoms with Crippen molar-refractivity contribution in [2.75, 3.05) is 73.2 Å². The molecule has 5 atom stereocenters. The van der Waals surface area contributed by atoms with Gasteiger partial charge in [0.2, 0.25) is 11.8 Å². The predicted molar refractivity (Wildman–Crippen MR) is 277 cm³/mol. The van der Waals surface area contributed by atoms with Gasteiger partial charge >= 0.3 is 5.97 Å². The third kappa shape index (κ3) is 12.0. The number of aromatic nitrogens is 2. The summed E-state index contributed by atoms with van der Waals surface area (Å²) in [5.41, 5.74) is 7.67. The van der Waals surface area contributed by atoms with Crippen molar-refractivity contribution in [1.29, 1.82) is 0 Å². The molecule has 17 nitrogen and oxygen atoms in total. The number of alkyl halides is 2. The number of cyclic esters (lactones) is 1. The number of esters is 1. The minimum Gasteiger partial charge on any atom is -0.508 e. The normalized spacial score (nSPS) is 21.9. The highest BCUT2D eigenvalue weighted by Gasteiger charge is 2.51. The van der Waals surface area contributed by atoms with Crippen LogP contribution in [-0.4, -0.2) is 161 Å². The van der Waals surface area contributed by atoms with Crippen molar-refractivity contribution in [2.45, 2.75) is 104 Å². The van der Waals surface area contributed by atoms with Crippen LogP contribution in [0, 0.1) is 29.1 Å². The average molecular weight is 1040 g/mol. The largest absolute Gasteiger partial charge is 0.508 e. The Labute approximate surface area is 437 Å². The lowest BCUT2D eigenvalue weighted by molar-refractivity contribution is -0.176. The number of fused-ring (bicyclic) bond motifs is 6. The average Bonchev–Trinajstić information content (AvgIpc) is 4.01. The Bertz CT molecular complexity index is 2870. The van der Waals surface area contributed by atoms with E-state index in [1.165, 1.54) is 22.9 Å². The SMILES string of the molecule is CCn1c(-c2cccnc2[C@H](C)OC)c2c3cc(ccc31)-c1cc(O)cc(c1)C[C@H](NC(=O)[C@H](C(C)C)N(C)C(=O)[C@H]1CCN(C(=O)C#CCN3CCOCC3)C1)C(=O)N1CCC(F)(F)[C@H](N1)C(=O)OCC(C)(C)C2. The fraction of sp³-hybridized carbons (Fsp3) is 0.536. The lowest BCUT2D eigenvalue weighted by Gasteiger charge is -2.40. The minimum atomic E-state index is -3.62. The van der Waals surface area contributed by atoms with E-state index in [2.05, 4.69) is 32.1 Å². The first-order chi connectivity index (χ1) is 35.7. The summed E-state index contributed by atoms with van der Waals surface area (Å²) in [6, 6.07) is 9.95. The van der Waals surface area contributed by atoms with Crippen molar-refractivity contribution < 1.29 is 52.1 Å². The standard InChI is InChI=1S/C56H70F2N8O9/c1-9-65-45-15-14-37-30-42(45)43(49(65)41-12-10-18-59-47(41)35(4)73-8)31-55(5,6)33-75-54(72)50-56(57,58)17-21-66(61-50)53(71)44(28-36-26-39(37)29-40(67)27-36)60-51(69)48(34(2)3)62(7)52(70)38-16-20-64(32-38)46(68)13-11-19-63-22-24-74-25-23-63/h10,12,14-15,18,26-27,29-30,34-35,38,44,48,50,61,67H,9,16-17,19-25,28,31-33H2,1-8H3,(H,60,69)/t35-,38-,44-,48-,50+/m0/s1. The highest BCUT2D eigenvalue weighted by Crippen LogP contribution is 2.42. The van der Waals surface area contributed by atoms with E-state index in [1.54, 1.807) is 33.2 Å². The van der Waals surface area contributed by atoms with Crippen LogP contribution in [0.4, 0.5) is 8.78 Å². The number of likely N-dealkylation sites (N-methyl/N-ethyl adjacent to an activating group) is 1. The number of hydrogen-bond donors (Lipinski definition) is 3. The molecule has 3 fully saturated rings. The molecule has 4 aliphatic rings. The highest BCUT2D eigenvalue weighted by atomic mass is 19.3. The summed E-state index contributed by atoms with van der Waals surface area (Å²) >= 11 is 0. The van der Waals surface area contributed by atoms with Crippen LogP contribution in [0.1, 0.15) is 77.3 Å². The fourth-order valence-electron chi connectivity index (χ4n) is 10.9. The zero-order chi connectivity index (χ0) is 53.9. The van der Waals surface area contributed by atoms with Gasteiger partial charge in [-0.05, 0) is 97.2 Å². The number of phenols is 1. The van der Waals surface area contributed by atoms with Gasteiger partial charge in [0.05, 0.1) is 49.8 Å². The molecular formula is C56H70F2N8O9. The number of likely N-dealkylation sites (tertiary alicyclic amines) is 1. The number of nitrogens with one attached hydrogen (secondary N) is 2. The number of morpholine rings is 1. The number of aryl methyl sites for hydroxylation is 1. The second kappa shape index (κ2) is 22.8. The van der Waals surface area contributed by atoms with Crippen molar-refractivity contribution in [3.8, 4) is 40.0 Å². The Morgan fingerprint density at radius 1 is 1.04 bits per heavy atom. The molecule has 3 saturated heterocycles. The quantitative estimate of drug-likeness (QED) is 0.137. The smallest absolute Gasteiger partial charge is 0.331 e. The minimum absolute atomic E-state index is 0.118. The van der Waals surface area contributed by atoms with Gasteiger partial charge in [-0.2, -0.15) is 0 Å². The molecule has 19 heteroatoms. The van der Waals surface area contributed by atoms with Crippen LogP contribution in [0.2, 0.25) is 0 Å². The van der Waals surface area contributed by atoms with E-state index < -0.39 is 72.0 Å². The molecule has 0 saturated carbocycles. The summed E-state index contributed by atoms with van der Waals surface area (Å²) in [7, 11) is 3.13. The topological polar surface area (TPSA) is 188 Å². The molecular weight excluding hydrogens is 967 g/mol. The van der Waals surface area contributed by atoms with Crippen LogP contribution < -0.4 is 10.7 Å². The number of aromatic hydroxyl groups is 1. The van der Waals surface area contributed by atoms with Crippen molar-refractivity contribution in [3.05, 3.63) is 71.5 Å². The molecule has 4 aromatic rings. The zero-order valence-corrected chi connectivity index (χ0v) is 44.2. The molecule has 4 amide bonds. The molecule has 8 rings (SSSR count). The summed E-state index contributed by atoms with van der Waals surface area (Å²) in [6.07, 6.45) is 0.946. The number of carbonyl (C=O) groups excluding carboxylic acids is 5. The Kier molecular flexibility index (Phi) is 16.7. The van der Waals surface area contributed by atoms with E-state index in [0.717, 1.165) is 57.1 Å². The van der Waals surface area contributed by atoms with Gasteiger partial charge in [0.25, 0.3) is 17.7 Å². The summed E-state index contributed by atoms with van der Waals surface area (Å²) < 4.78 is 51.0. The molecule has 402 valence electrons. The van der Waals surface area contributed by atoms with Crippen LogP contribution >= 0.6 is 0 Å². The molecule has 6 heterocycles. The first-order valence-corrected chi connectivity index (χ1v) is 25.9. The molecule has 0 aliphatic carbocycles. The van der Waals surface area contributed by atoms with Crippen LogP contribution in [-0.2, 0) is 57.6 Å². The van der Waals surface area contributed by atoms with E-state index >= 15 is 8.78 Å². The molecule has 2 aromatic carbocycles. The maximum atomic E-state index is 15.9. The lowest BCUT2D eigenvalue weighted by Crippen LogP contribution is -2.67. The first kappa shape index (κ1) is 54.8. The summed E-state index contributed by atoms with van der Waals surface area (Å²) in [6.45, 7) is 14.6. The van der Waals surface area contributed by atoms with E-state index in [9.17, 15) is 29.1 Å². The number of pyridine rings is 1. The summed E-state index contributed by atoms with van der Waals surface area (Å²) in [5, 5.41) is 16.0. The fourth-order valence-corrected chi connectivity index (χ4v) is 10.9. The maximum Gasteiger partial charge on any atom is 0.331 e. The number of rotatable bonds is 10. The van der Waals surface area contributed by atoms with E-state index in [4.69, 9.17) is 19.2 Å². The summed E-state index contributed by atoms with van der Waals surface area (Å²) in [4.78, 5) is 80.4. The lowest BCUT2D eigenvalue weighted by atomic mass is 9.84. The van der Waals surface area contributed by atoms with Gasteiger partial charge in [-0.15, -0.1) is 0 Å². The Morgan fingerprint density at radius 2 is 1.80 bits per heavy atom. The molecule has 0 spiro atoms. The molecule has 0 unspecified atom stereocenters. The Balaban J connectivity index is 1.14. The molecule has 3 N–H and O–H groups in total. The number of carbonyl (C=O) groups is 5. The monoisotopic (exact) mass is 1040 g/mol. The van der Waals surface area contributed by atoms with E-state index in [-0.39, 0.29) is 43.2 Å². The van der Waals surface area contributed by atoms with Gasteiger partial charge in [0, 0.05) is 94.3 Å².